The van der Waals surface area contributed by atoms with Gasteiger partial charge in [-0.15, -0.1) is 0 Å². The molecule has 0 radical (unpaired) electrons. The van der Waals surface area contributed by atoms with E-state index >= 15 is 0 Å². The molecule has 0 saturated heterocycles. The second-order valence-electron chi connectivity index (χ2n) is 10.1. The number of nitrogens with one attached hydrogen (secondary N) is 3. The zero-order valence-corrected chi connectivity index (χ0v) is 23.9. The van der Waals surface area contributed by atoms with E-state index in [-0.39, 0.29) is 16.2 Å². The number of para-hydroxylation sites is 1. The number of hydrogen-bond acceptors (Lipinski definition) is 6. The zero-order chi connectivity index (χ0) is 29.6. The standard InChI is InChI=1S/C31H31N3O6S/c1-31(2,3)33-30(36)34-41(37,38)28-20-23(29(35)32-24-10-6-5-7-11-24)15-18-27(28)40-26-12-8-9-22(19-26)21-13-16-25(39-4)17-14-21/h5-20H,1-4H3,(H,32,35)(H2,33,34,36). The summed E-state index contributed by atoms with van der Waals surface area (Å²) >= 11 is 0. The Balaban J connectivity index is 1.69. The lowest BCUT2D eigenvalue weighted by Gasteiger charge is -2.21. The van der Waals surface area contributed by atoms with Crippen LogP contribution in [0.3, 0.4) is 0 Å². The van der Waals surface area contributed by atoms with Gasteiger partial charge in [0.05, 0.1) is 7.11 Å². The number of rotatable bonds is 8. The highest BCUT2D eigenvalue weighted by atomic mass is 32.2. The van der Waals surface area contributed by atoms with E-state index in [1.165, 1.54) is 18.2 Å². The summed E-state index contributed by atoms with van der Waals surface area (Å²) in [5.74, 6) is 0.481. The van der Waals surface area contributed by atoms with Gasteiger partial charge >= 0.3 is 6.03 Å². The number of methoxy groups -OCH3 is 1. The third-order valence-corrected chi connectivity index (χ3v) is 7.08. The molecule has 4 aromatic carbocycles. The van der Waals surface area contributed by atoms with Gasteiger partial charge in [0, 0.05) is 16.8 Å². The fraction of sp³-hybridized carbons (Fsp3) is 0.161. The fourth-order valence-electron chi connectivity index (χ4n) is 3.86. The van der Waals surface area contributed by atoms with E-state index in [2.05, 4.69) is 10.6 Å². The van der Waals surface area contributed by atoms with Crippen LogP contribution in [0.5, 0.6) is 17.2 Å². The Morgan fingerprint density at radius 1 is 0.756 bits per heavy atom. The number of anilines is 1. The van der Waals surface area contributed by atoms with Gasteiger partial charge < -0.3 is 20.1 Å². The molecule has 0 fully saturated rings. The van der Waals surface area contributed by atoms with Crippen LogP contribution in [0.25, 0.3) is 11.1 Å². The van der Waals surface area contributed by atoms with Gasteiger partial charge in [-0.2, -0.15) is 0 Å². The normalized spacial score (nSPS) is 11.3. The summed E-state index contributed by atoms with van der Waals surface area (Å²) in [6, 6.07) is 26.4. The van der Waals surface area contributed by atoms with Crippen LogP contribution in [0.1, 0.15) is 31.1 Å². The van der Waals surface area contributed by atoms with E-state index in [9.17, 15) is 18.0 Å². The summed E-state index contributed by atoms with van der Waals surface area (Å²) < 4.78 is 40.1. The van der Waals surface area contributed by atoms with Crippen molar-refractivity contribution in [3.8, 4) is 28.4 Å². The van der Waals surface area contributed by atoms with Crippen molar-refractivity contribution in [1.82, 2.24) is 10.0 Å². The Bertz CT molecular complexity index is 1650. The second kappa shape index (κ2) is 12.1. The molecule has 41 heavy (non-hydrogen) atoms. The first-order valence-electron chi connectivity index (χ1n) is 12.7. The molecular formula is C31H31N3O6S. The molecule has 0 aliphatic heterocycles. The van der Waals surface area contributed by atoms with Gasteiger partial charge in [0.1, 0.15) is 22.1 Å². The molecule has 0 saturated carbocycles. The molecular weight excluding hydrogens is 542 g/mol. The van der Waals surface area contributed by atoms with Crippen LogP contribution in [0.4, 0.5) is 10.5 Å². The number of carbonyl (C=O) groups excluding carboxylic acids is 2. The van der Waals surface area contributed by atoms with Gasteiger partial charge in [0.15, 0.2) is 0 Å². The van der Waals surface area contributed by atoms with Crippen LogP contribution in [-0.2, 0) is 10.0 Å². The maximum absolute atomic E-state index is 13.4. The largest absolute Gasteiger partial charge is 0.497 e. The van der Waals surface area contributed by atoms with E-state index in [4.69, 9.17) is 9.47 Å². The number of benzene rings is 4. The third kappa shape index (κ3) is 7.86. The number of hydrogen-bond donors (Lipinski definition) is 3. The zero-order valence-electron chi connectivity index (χ0n) is 23.1. The smallest absolute Gasteiger partial charge is 0.329 e. The molecule has 0 aliphatic carbocycles. The monoisotopic (exact) mass is 573 g/mol. The van der Waals surface area contributed by atoms with Crippen LogP contribution >= 0.6 is 0 Å². The SMILES string of the molecule is COc1ccc(-c2cccc(Oc3ccc(C(=O)Nc4ccccc4)cc3S(=O)(=O)NC(=O)NC(C)(C)C)c2)cc1. The molecule has 3 N–H and O–H groups in total. The number of carbonyl (C=O) groups is 2. The van der Waals surface area contributed by atoms with Gasteiger partial charge in [-0.1, -0.05) is 42.5 Å². The highest BCUT2D eigenvalue weighted by molar-refractivity contribution is 7.90. The number of ether oxygens (including phenoxy) is 2. The summed E-state index contributed by atoms with van der Waals surface area (Å²) in [6.07, 6.45) is 0. The van der Waals surface area contributed by atoms with Crippen LogP contribution < -0.4 is 24.8 Å². The number of sulfonamides is 1. The van der Waals surface area contributed by atoms with Crippen LogP contribution in [0.2, 0.25) is 0 Å². The van der Waals surface area contributed by atoms with E-state index in [1.807, 2.05) is 41.1 Å². The Kier molecular flexibility index (Phi) is 8.63. The summed E-state index contributed by atoms with van der Waals surface area (Å²) in [7, 11) is -2.87. The molecule has 0 aliphatic rings. The first-order valence-corrected chi connectivity index (χ1v) is 14.2. The molecule has 0 aromatic heterocycles. The van der Waals surface area contributed by atoms with Crippen molar-refractivity contribution in [2.75, 3.05) is 12.4 Å². The molecule has 0 bridgehead atoms. The van der Waals surface area contributed by atoms with Crippen molar-refractivity contribution in [2.45, 2.75) is 31.2 Å². The Hall–Kier alpha value is -4.83. The molecule has 212 valence electrons. The van der Waals surface area contributed by atoms with Crippen molar-refractivity contribution in [3.05, 3.63) is 103 Å². The average molecular weight is 574 g/mol. The minimum Gasteiger partial charge on any atom is -0.497 e. The fourth-order valence-corrected chi connectivity index (χ4v) is 4.92. The minimum atomic E-state index is -4.46. The Morgan fingerprint density at radius 2 is 1.46 bits per heavy atom. The molecule has 0 unspecified atom stereocenters. The molecule has 10 heteroatoms. The van der Waals surface area contributed by atoms with Crippen molar-refractivity contribution in [2.24, 2.45) is 0 Å². The third-order valence-electron chi connectivity index (χ3n) is 5.73. The lowest BCUT2D eigenvalue weighted by Crippen LogP contribution is -2.48. The maximum Gasteiger partial charge on any atom is 0.329 e. The van der Waals surface area contributed by atoms with Crippen LogP contribution in [0.15, 0.2) is 102 Å². The molecule has 4 aromatic rings. The van der Waals surface area contributed by atoms with Gasteiger partial charge in [-0.3, -0.25) is 4.79 Å². The topological polar surface area (TPSA) is 123 Å². The quantitative estimate of drug-likeness (QED) is 0.231. The first kappa shape index (κ1) is 29.2. The van der Waals surface area contributed by atoms with Gasteiger partial charge in [0.2, 0.25) is 0 Å². The molecule has 0 spiro atoms. The maximum atomic E-state index is 13.4. The molecule has 3 amide bonds. The molecule has 4 rings (SSSR count). The highest BCUT2D eigenvalue weighted by Gasteiger charge is 2.26. The van der Waals surface area contributed by atoms with Crippen molar-refractivity contribution < 1.29 is 27.5 Å². The highest BCUT2D eigenvalue weighted by Crippen LogP contribution is 2.33. The van der Waals surface area contributed by atoms with Crippen molar-refractivity contribution in [1.29, 1.82) is 0 Å². The van der Waals surface area contributed by atoms with Crippen molar-refractivity contribution in [3.63, 3.8) is 0 Å². The van der Waals surface area contributed by atoms with Crippen LogP contribution in [-0.4, -0.2) is 33.0 Å². The van der Waals surface area contributed by atoms with E-state index in [0.29, 0.717) is 11.4 Å². The van der Waals surface area contributed by atoms with Crippen LogP contribution in [0, 0.1) is 0 Å². The number of amides is 3. The predicted octanol–water partition coefficient (Wildman–Crippen LogP) is 6.19. The molecule has 0 heterocycles. The Labute approximate surface area is 239 Å². The van der Waals surface area contributed by atoms with E-state index in [1.54, 1.807) is 70.3 Å². The lowest BCUT2D eigenvalue weighted by atomic mass is 10.1. The van der Waals surface area contributed by atoms with Gasteiger partial charge in [-0.05, 0) is 86.5 Å². The summed E-state index contributed by atoms with van der Waals surface area (Å²) in [5, 5.41) is 5.29. The average Bonchev–Trinajstić information content (AvgIpc) is 2.92. The van der Waals surface area contributed by atoms with E-state index < -0.39 is 27.5 Å². The molecule has 9 nitrogen and oxygen atoms in total. The lowest BCUT2D eigenvalue weighted by molar-refractivity contribution is 0.102. The second-order valence-corrected chi connectivity index (χ2v) is 11.8. The number of urea groups is 1. The summed E-state index contributed by atoms with van der Waals surface area (Å²) in [5.41, 5.74) is 1.65. The first-order chi connectivity index (χ1) is 19.4. The summed E-state index contributed by atoms with van der Waals surface area (Å²) in [6.45, 7) is 5.16. The van der Waals surface area contributed by atoms with Gasteiger partial charge in [0.25, 0.3) is 15.9 Å². The van der Waals surface area contributed by atoms with E-state index in [0.717, 1.165) is 16.9 Å². The van der Waals surface area contributed by atoms with Crippen molar-refractivity contribution >= 4 is 27.6 Å². The Morgan fingerprint density at radius 3 is 2.12 bits per heavy atom. The minimum absolute atomic E-state index is 0.0600. The summed E-state index contributed by atoms with van der Waals surface area (Å²) in [4.78, 5) is 25.1. The molecule has 0 atom stereocenters. The predicted molar refractivity (Wildman–Crippen MR) is 158 cm³/mol. The van der Waals surface area contributed by atoms with Gasteiger partial charge in [-0.25, -0.2) is 17.9 Å².